The molecule has 1 aliphatic heterocycles. The molecule has 0 saturated carbocycles. The number of hydrogen-bond donors (Lipinski definition) is 2. The summed E-state index contributed by atoms with van der Waals surface area (Å²) in [6, 6.07) is 0. The van der Waals surface area contributed by atoms with E-state index in [-0.39, 0.29) is 30.7 Å². The van der Waals surface area contributed by atoms with Gasteiger partial charge in [0.15, 0.2) is 0 Å². The molecule has 118 valence electrons. The van der Waals surface area contributed by atoms with Gasteiger partial charge in [0.05, 0.1) is 11.9 Å². The van der Waals surface area contributed by atoms with Gasteiger partial charge in [-0.05, 0) is 31.1 Å². The molecule has 1 aliphatic rings. The van der Waals surface area contributed by atoms with Gasteiger partial charge in [0, 0.05) is 19.6 Å². The van der Waals surface area contributed by atoms with Crippen LogP contribution in [0, 0.1) is 11.8 Å². The summed E-state index contributed by atoms with van der Waals surface area (Å²) in [6.07, 6.45) is 2.12. The Kier molecular flexibility index (Phi) is 6.91. The van der Waals surface area contributed by atoms with E-state index in [0.717, 1.165) is 12.8 Å². The largest absolute Gasteiger partial charge is 0.481 e. The highest BCUT2D eigenvalue weighted by Gasteiger charge is 2.24. The van der Waals surface area contributed by atoms with Crippen molar-refractivity contribution in [3.05, 3.63) is 0 Å². The van der Waals surface area contributed by atoms with Gasteiger partial charge in [-0.1, -0.05) is 13.8 Å². The molecule has 20 heavy (non-hydrogen) atoms. The third-order valence-electron chi connectivity index (χ3n) is 3.29. The Morgan fingerprint density at radius 2 is 2.15 bits per heavy atom. The number of aliphatic carboxylic acids is 1. The lowest BCUT2D eigenvalue weighted by Crippen LogP contribution is -2.36. The van der Waals surface area contributed by atoms with Crippen molar-refractivity contribution in [3.63, 3.8) is 0 Å². The molecule has 1 heterocycles. The van der Waals surface area contributed by atoms with Crippen LogP contribution in [0.5, 0.6) is 0 Å². The highest BCUT2D eigenvalue weighted by atomic mass is 32.2. The van der Waals surface area contributed by atoms with Gasteiger partial charge in [0.2, 0.25) is 10.0 Å². The van der Waals surface area contributed by atoms with Crippen molar-refractivity contribution in [3.8, 4) is 0 Å². The number of hydrogen-bond acceptors (Lipinski definition) is 4. The third kappa shape index (κ3) is 7.21. The van der Waals surface area contributed by atoms with E-state index in [4.69, 9.17) is 9.84 Å². The molecule has 0 aliphatic carbocycles. The zero-order chi connectivity index (χ0) is 15.2. The van der Waals surface area contributed by atoms with Gasteiger partial charge < -0.3 is 9.84 Å². The lowest BCUT2D eigenvalue weighted by molar-refractivity contribution is -0.138. The molecule has 0 amide bonds. The lowest BCUT2D eigenvalue weighted by atomic mass is 9.94. The third-order valence-corrected chi connectivity index (χ3v) is 4.71. The fraction of sp³-hybridized carbons (Fsp3) is 0.923. The average molecular weight is 307 g/mol. The maximum Gasteiger partial charge on any atom is 0.303 e. The first-order valence-corrected chi connectivity index (χ1v) is 8.74. The van der Waals surface area contributed by atoms with Crippen LogP contribution in [0.25, 0.3) is 0 Å². The summed E-state index contributed by atoms with van der Waals surface area (Å²) in [6.45, 7) is 4.79. The quantitative estimate of drug-likeness (QED) is 0.668. The summed E-state index contributed by atoms with van der Waals surface area (Å²) in [7, 11) is -3.40. The molecule has 0 aromatic heterocycles. The maximum absolute atomic E-state index is 11.9. The molecule has 1 fully saturated rings. The fourth-order valence-electron chi connectivity index (χ4n) is 2.48. The van der Waals surface area contributed by atoms with E-state index in [1.165, 1.54) is 0 Å². The van der Waals surface area contributed by atoms with Gasteiger partial charge in [0.25, 0.3) is 0 Å². The molecule has 1 rings (SSSR count). The van der Waals surface area contributed by atoms with E-state index in [0.29, 0.717) is 18.9 Å². The molecular weight excluding hydrogens is 282 g/mol. The minimum atomic E-state index is -3.40. The number of ether oxygens (including phenoxy) is 1. The second-order valence-corrected chi connectivity index (χ2v) is 7.71. The number of nitrogens with one attached hydrogen (secondary N) is 1. The first kappa shape index (κ1) is 17.4. The van der Waals surface area contributed by atoms with Crippen molar-refractivity contribution in [2.75, 3.05) is 18.9 Å². The molecule has 2 N–H and O–H groups in total. The van der Waals surface area contributed by atoms with E-state index >= 15 is 0 Å². The summed E-state index contributed by atoms with van der Waals surface area (Å²) in [5, 5.41) is 8.86. The number of carboxylic acids is 1. The molecule has 0 radical (unpaired) electrons. The average Bonchev–Trinajstić information content (AvgIpc) is 2.76. The summed E-state index contributed by atoms with van der Waals surface area (Å²) in [5.41, 5.74) is 0. The van der Waals surface area contributed by atoms with Crippen LogP contribution in [0.2, 0.25) is 0 Å². The van der Waals surface area contributed by atoms with Gasteiger partial charge >= 0.3 is 5.97 Å². The predicted molar refractivity (Wildman–Crippen MR) is 76.0 cm³/mol. The molecule has 2 unspecified atom stereocenters. The summed E-state index contributed by atoms with van der Waals surface area (Å²) < 4.78 is 31.7. The second-order valence-electron chi connectivity index (χ2n) is 5.86. The van der Waals surface area contributed by atoms with Gasteiger partial charge in [0.1, 0.15) is 0 Å². The highest BCUT2D eigenvalue weighted by Crippen LogP contribution is 2.16. The molecule has 0 spiro atoms. The van der Waals surface area contributed by atoms with Crippen LogP contribution in [0.1, 0.15) is 39.5 Å². The van der Waals surface area contributed by atoms with Crippen LogP contribution in [-0.2, 0) is 19.6 Å². The van der Waals surface area contributed by atoms with Crippen molar-refractivity contribution in [2.24, 2.45) is 11.8 Å². The number of carbonyl (C=O) groups is 1. The van der Waals surface area contributed by atoms with Gasteiger partial charge in [-0.2, -0.15) is 0 Å². The minimum Gasteiger partial charge on any atom is -0.481 e. The van der Waals surface area contributed by atoms with E-state index < -0.39 is 16.0 Å². The fourth-order valence-corrected chi connectivity index (χ4v) is 3.84. The number of carboxylic acid groups (broad SMARTS) is 1. The van der Waals surface area contributed by atoms with Crippen molar-refractivity contribution in [1.29, 1.82) is 0 Å². The predicted octanol–water partition coefficient (Wildman–Crippen LogP) is 1.22. The first-order valence-electron chi connectivity index (χ1n) is 7.09. The molecule has 7 heteroatoms. The van der Waals surface area contributed by atoms with E-state index in [2.05, 4.69) is 4.72 Å². The molecule has 0 aromatic carbocycles. The van der Waals surface area contributed by atoms with Crippen LogP contribution < -0.4 is 4.72 Å². The van der Waals surface area contributed by atoms with Crippen molar-refractivity contribution in [2.45, 2.75) is 45.6 Å². The molecular formula is C13H25NO5S. The maximum atomic E-state index is 11.9. The molecule has 0 bridgehead atoms. The Morgan fingerprint density at radius 1 is 1.45 bits per heavy atom. The first-order chi connectivity index (χ1) is 9.28. The number of rotatable bonds is 9. The highest BCUT2D eigenvalue weighted by molar-refractivity contribution is 7.89. The van der Waals surface area contributed by atoms with E-state index in [9.17, 15) is 13.2 Å². The molecule has 2 atom stereocenters. The van der Waals surface area contributed by atoms with E-state index in [1.54, 1.807) is 0 Å². The topological polar surface area (TPSA) is 92.7 Å². The van der Waals surface area contributed by atoms with Crippen molar-refractivity contribution < 1.29 is 23.1 Å². The Balaban J connectivity index is 2.45. The van der Waals surface area contributed by atoms with Crippen molar-refractivity contribution in [1.82, 2.24) is 4.72 Å². The van der Waals surface area contributed by atoms with Gasteiger partial charge in [-0.3, -0.25) is 4.79 Å². The van der Waals surface area contributed by atoms with Gasteiger partial charge in [-0.15, -0.1) is 0 Å². The Morgan fingerprint density at radius 3 is 2.65 bits per heavy atom. The Labute approximate surface area is 120 Å². The van der Waals surface area contributed by atoms with Crippen LogP contribution in [0.15, 0.2) is 0 Å². The zero-order valence-electron chi connectivity index (χ0n) is 12.2. The number of sulfonamides is 1. The second kappa shape index (κ2) is 7.95. The SMILES string of the molecule is CC(C)CC(CNS(=O)(=O)CC1CCCO1)CC(=O)O. The zero-order valence-corrected chi connectivity index (χ0v) is 13.0. The smallest absolute Gasteiger partial charge is 0.303 e. The molecule has 6 nitrogen and oxygen atoms in total. The standard InChI is InChI=1S/C13H25NO5S/c1-10(2)6-11(7-13(15)16)8-14-20(17,18)9-12-4-3-5-19-12/h10-12,14H,3-9H2,1-2H3,(H,15,16). The van der Waals surface area contributed by atoms with Crippen LogP contribution in [0.3, 0.4) is 0 Å². The Bertz CT molecular complexity index is 401. The summed E-state index contributed by atoms with van der Waals surface area (Å²) in [5.74, 6) is -0.767. The normalized spacial score (nSPS) is 21.2. The monoisotopic (exact) mass is 307 g/mol. The Hall–Kier alpha value is -0.660. The van der Waals surface area contributed by atoms with Crippen LogP contribution >= 0.6 is 0 Å². The van der Waals surface area contributed by atoms with E-state index in [1.807, 2.05) is 13.8 Å². The van der Waals surface area contributed by atoms with Crippen molar-refractivity contribution >= 4 is 16.0 Å². The van der Waals surface area contributed by atoms with Crippen LogP contribution in [-0.4, -0.2) is 44.5 Å². The van der Waals surface area contributed by atoms with Gasteiger partial charge in [-0.25, -0.2) is 13.1 Å². The molecule has 1 saturated heterocycles. The summed E-state index contributed by atoms with van der Waals surface area (Å²) in [4.78, 5) is 10.8. The molecule has 0 aromatic rings. The lowest BCUT2D eigenvalue weighted by Gasteiger charge is -2.18. The summed E-state index contributed by atoms with van der Waals surface area (Å²) >= 11 is 0. The minimum absolute atomic E-state index is 0.0133. The van der Waals surface area contributed by atoms with Crippen LogP contribution in [0.4, 0.5) is 0 Å².